The number of anilines is 2. The van der Waals surface area contributed by atoms with Crippen molar-refractivity contribution in [1.29, 1.82) is 0 Å². The third-order valence-electron chi connectivity index (χ3n) is 7.69. The number of nitrogens with one attached hydrogen (secondary N) is 2. The van der Waals surface area contributed by atoms with Gasteiger partial charge in [0.1, 0.15) is 5.69 Å². The van der Waals surface area contributed by atoms with E-state index in [0.717, 1.165) is 79.9 Å². The fourth-order valence-electron chi connectivity index (χ4n) is 5.29. The first kappa shape index (κ1) is 27.6. The van der Waals surface area contributed by atoms with Crippen LogP contribution in [-0.2, 0) is 6.54 Å². The van der Waals surface area contributed by atoms with Gasteiger partial charge in [0, 0.05) is 75.5 Å². The maximum atomic E-state index is 12.9. The molecule has 9 heteroatoms. The van der Waals surface area contributed by atoms with Gasteiger partial charge in [-0.3, -0.25) is 9.69 Å². The van der Waals surface area contributed by atoms with Crippen molar-refractivity contribution >= 4 is 45.9 Å². The molecule has 2 aromatic carbocycles. The van der Waals surface area contributed by atoms with Crippen LogP contribution < -0.4 is 15.5 Å². The molecule has 0 saturated carbocycles. The van der Waals surface area contributed by atoms with Crippen molar-refractivity contribution in [1.82, 2.24) is 20.1 Å². The molecule has 39 heavy (non-hydrogen) atoms. The minimum atomic E-state index is -0.0397. The van der Waals surface area contributed by atoms with E-state index in [0.29, 0.717) is 11.6 Å². The molecule has 0 unspecified atom stereocenters. The van der Waals surface area contributed by atoms with Crippen LogP contribution >= 0.6 is 23.6 Å². The van der Waals surface area contributed by atoms with Crippen molar-refractivity contribution < 1.29 is 4.79 Å². The first-order valence-electron chi connectivity index (χ1n) is 13.8. The lowest BCUT2D eigenvalue weighted by atomic mass is 9.98. The number of carbonyl (C=O) groups is 1. The van der Waals surface area contributed by atoms with E-state index in [4.69, 9.17) is 17.2 Å². The van der Waals surface area contributed by atoms with Crippen LogP contribution in [0, 0.1) is 0 Å². The standard InChI is InChI=1S/C30H38N6OS2/c1-34(2)26-10-8-24(9-11-26)32-30(38)36-18-12-23(13-19-36)29-33-27(21-39-29)28(37)31-25-14-16-35(17-15-25)20-22-6-4-3-5-7-22/h3-11,21,23,25H,12-20H2,1-2H3,(H,31,37)(H,32,38). The third-order valence-corrected chi connectivity index (χ3v) is 9.06. The summed E-state index contributed by atoms with van der Waals surface area (Å²) in [5.74, 6) is 0.332. The summed E-state index contributed by atoms with van der Waals surface area (Å²) in [7, 11) is 4.07. The number of benzene rings is 2. The number of amides is 1. The predicted molar refractivity (Wildman–Crippen MR) is 165 cm³/mol. The molecule has 3 heterocycles. The van der Waals surface area contributed by atoms with Crippen LogP contribution in [-0.4, -0.2) is 72.1 Å². The molecule has 5 rings (SSSR count). The van der Waals surface area contributed by atoms with Crippen LogP contribution in [0.4, 0.5) is 11.4 Å². The molecule has 0 spiro atoms. The van der Waals surface area contributed by atoms with Gasteiger partial charge in [0.05, 0.1) is 5.01 Å². The Morgan fingerprint density at radius 1 is 1.00 bits per heavy atom. The van der Waals surface area contributed by atoms with Gasteiger partial charge in [-0.2, -0.15) is 0 Å². The predicted octanol–water partition coefficient (Wildman–Crippen LogP) is 5.18. The smallest absolute Gasteiger partial charge is 0.270 e. The number of carbonyl (C=O) groups excluding carboxylic acids is 1. The summed E-state index contributed by atoms with van der Waals surface area (Å²) in [5, 5.41) is 10.4. The summed E-state index contributed by atoms with van der Waals surface area (Å²) >= 11 is 7.30. The molecule has 2 saturated heterocycles. The monoisotopic (exact) mass is 562 g/mol. The van der Waals surface area contributed by atoms with Gasteiger partial charge in [0.15, 0.2) is 5.11 Å². The van der Waals surface area contributed by atoms with Crippen molar-refractivity contribution in [3.8, 4) is 0 Å². The molecular formula is C30H38N6OS2. The molecule has 0 aliphatic carbocycles. The second kappa shape index (κ2) is 12.9. The summed E-state index contributed by atoms with van der Waals surface area (Å²) in [4.78, 5) is 24.5. The lowest BCUT2D eigenvalue weighted by Crippen LogP contribution is -2.44. The molecular weight excluding hydrogens is 525 g/mol. The molecule has 3 aromatic rings. The van der Waals surface area contributed by atoms with Crippen LogP contribution in [0.2, 0.25) is 0 Å². The van der Waals surface area contributed by atoms with Gasteiger partial charge in [-0.15, -0.1) is 11.3 Å². The Kier molecular flexibility index (Phi) is 9.11. The number of thiazole rings is 1. The van der Waals surface area contributed by atoms with Crippen LogP contribution in [0.5, 0.6) is 0 Å². The fraction of sp³-hybridized carbons (Fsp3) is 0.433. The first-order valence-corrected chi connectivity index (χ1v) is 15.1. The second-order valence-electron chi connectivity index (χ2n) is 10.7. The van der Waals surface area contributed by atoms with Crippen molar-refractivity contribution in [2.45, 2.75) is 44.2 Å². The summed E-state index contributed by atoms with van der Waals surface area (Å²) in [5.41, 5.74) is 4.06. The number of likely N-dealkylation sites (tertiary alicyclic amines) is 2. The molecule has 2 aliphatic rings. The first-order chi connectivity index (χ1) is 18.9. The number of aromatic nitrogens is 1. The average molecular weight is 563 g/mol. The summed E-state index contributed by atoms with van der Waals surface area (Å²) in [6.45, 7) is 4.74. The SMILES string of the molecule is CN(C)c1ccc(NC(=S)N2CCC(c3nc(C(=O)NC4CCN(Cc5ccccc5)CC4)cs3)CC2)cc1. The Hall–Kier alpha value is -3.01. The van der Waals surface area contributed by atoms with Crippen molar-refractivity contribution in [3.05, 3.63) is 76.2 Å². The van der Waals surface area contributed by atoms with Gasteiger partial charge in [-0.1, -0.05) is 30.3 Å². The van der Waals surface area contributed by atoms with Gasteiger partial charge in [0.2, 0.25) is 0 Å². The topological polar surface area (TPSA) is 63.7 Å². The lowest BCUT2D eigenvalue weighted by Gasteiger charge is -2.33. The molecule has 206 valence electrons. The number of piperidine rings is 2. The van der Waals surface area contributed by atoms with E-state index in [2.05, 4.69) is 79.9 Å². The third kappa shape index (κ3) is 7.35. The summed E-state index contributed by atoms with van der Waals surface area (Å²) in [6.07, 6.45) is 3.91. The Labute approximate surface area is 241 Å². The highest BCUT2D eigenvalue weighted by Gasteiger charge is 2.26. The van der Waals surface area contributed by atoms with Crippen LogP contribution in [0.15, 0.2) is 60.0 Å². The Morgan fingerprint density at radius 2 is 1.69 bits per heavy atom. The number of hydrogen-bond acceptors (Lipinski definition) is 6. The maximum Gasteiger partial charge on any atom is 0.270 e. The van der Waals surface area contributed by atoms with E-state index in [1.54, 1.807) is 11.3 Å². The number of nitrogens with zero attached hydrogens (tertiary/aromatic N) is 4. The highest BCUT2D eigenvalue weighted by molar-refractivity contribution is 7.80. The van der Waals surface area contributed by atoms with E-state index in [9.17, 15) is 4.79 Å². The number of hydrogen-bond donors (Lipinski definition) is 2. The van der Waals surface area contributed by atoms with Gasteiger partial charge in [0.25, 0.3) is 5.91 Å². The van der Waals surface area contributed by atoms with E-state index in [-0.39, 0.29) is 11.9 Å². The van der Waals surface area contributed by atoms with E-state index in [1.807, 2.05) is 19.5 Å². The van der Waals surface area contributed by atoms with E-state index < -0.39 is 0 Å². The number of rotatable bonds is 7. The molecule has 2 aliphatic heterocycles. The molecule has 0 atom stereocenters. The van der Waals surface area contributed by atoms with E-state index in [1.165, 1.54) is 5.56 Å². The molecule has 2 N–H and O–H groups in total. The van der Waals surface area contributed by atoms with Crippen LogP contribution in [0.3, 0.4) is 0 Å². The maximum absolute atomic E-state index is 12.9. The zero-order valence-electron chi connectivity index (χ0n) is 22.8. The average Bonchev–Trinajstić information content (AvgIpc) is 3.46. The van der Waals surface area contributed by atoms with Crippen molar-refractivity contribution in [2.24, 2.45) is 0 Å². The van der Waals surface area contributed by atoms with Crippen molar-refractivity contribution in [3.63, 3.8) is 0 Å². The van der Waals surface area contributed by atoms with Gasteiger partial charge >= 0.3 is 0 Å². The molecule has 0 bridgehead atoms. The van der Waals surface area contributed by atoms with Crippen LogP contribution in [0.25, 0.3) is 0 Å². The summed E-state index contributed by atoms with van der Waals surface area (Å²) < 4.78 is 0. The van der Waals surface area contributed by atoms with Gasteiger partial charge < -0.3 is 20.4 Å². The van der Waals surface area contributed by atoms with Crippen LogP contribution in [0.1, 0.15) is 52.7 Å². The molecule has 1 aromatic heterocycles. The number of thiocarbonyl (C=S) groups is 1. The van der Waals surface area contributed by atoms with Crippen molar-refractivity contribution in [2.75, 3.05) is 50.5 Å². The Balaban J connectivity index is 1.05. The fourth-order valence-corrected chi connectivity index (χ4v) is 6.56. The van der Waals surface area contributed by atoms with Gasteiger partial charge in [-0.25, -0.2) is 4.98 Å². The molecule has 1 amide bonds. The summed E-state index contributed by atoms with van der Waals surface area (Å²) in [6, 6.07) is 19.1. The molecule has 0 radical (unpaired) electrons. The minimum Gasteiger partial charge on any atom is -0.378 e. The lowest BCUT2D eigenvalue weighted by molar-refractivity contribution is 0.0904. The second-order valence-corrected chi connectivity index (χ2v) is 12.0. The Morgan fingerprint density at radius 3 is 2.36 bits per heavy atom. The zero-order valence-corrected chi connectivity index (χ0v) is 24.4. The zero-order chi connectivity index (χ0) is 27.2. The largest absolute Gasteiger partial charge is 0.378 e. The van der Waals surface area contributed by atoms with E-state index >= 15 is 0 Å². The van der Waals surface area contributed by atoms with Gasteiger partial charge in [-0.05, 0) is 67.7 Å². The normalized spacial score (nSPS) is 17.1. The minimum absolute atomic E-state index is 0.0397. The molecule has 7 nitrogen and oxygen atoms in total. The molecule has 2 fully saturated rings. The Bertz CT molecular complexity index is 1230. The highest BCUT2D eigenvalue weighted by atomic mass is 32.1. The highest BCUT2D eigenvalue weighted by Crippen LogP contribution is 2.31. The quantitative estimate of drug-likeness (QED) is 0.385.